The third kappa shape index (κ3) is 7.72. The molecule has 2 rings (SSSR count). The number of imidazole rings is 1. The number of unbranched alkanes of at least 4 members (excludes halogenated alkanes) is 1. The second-order valence-electron chi connectivity index (χ2n) is 8.00. The molecule has 184 valence electrons. The van der Waals surface area contributed by atoms with E-state index in [0.29, 0.717) is 50.9 Å². The van der Waals surface area contributed by atoms with Crippen molar-refractivity contribution in [3.8, 4) is 0 Å². The molecule has 33 heavy (non-hydrogen) atoms. The van der Waals surface area contributed by atoms with E-state index in [1.165, 1.54) is 17.4 Å². The molecule has 0 aromatic carbocycles. The van der Waals surface area contributed by atoms with Crippen molar-refractivity contribution in [1.29, 1.82) is 0 Å². The summed E-state index contributed by atoms with van der Waals surface area (Å²) in [4.78, 5) is 58.3. The normalized spacial score (nSPS) is 18.4. The number of nitrogens with one attached hydrogen (secondary N) is 3. The standard InChI is InChI=1S/C20H33N7O5S/c21-6-2-1-4-14(19(30)27-7-3-5-16(27)20(31)32)25-18(29)15(8-12-9-23-11-24-12)26-17(28)13(22)10-33/h9,11,13-16,33H,1-8,10,21-22H2,(H,23,24)(H,25,29)(H,26,28)(H,31,32). The third-order valence-corrected chi connectivity index (χ3v) is 5.92. The minimum absolute atomic E-state index is 0.0932. The summed E-state index contributed by atoms with van der Waals surface area (Å²) in [7, 11) is 0. The Bertz CT molecular complexity index is 807. The number of hydrogen-bond acceptors (Lipinski definition) is 8. The summed E-state index contributed by atoms with van der Waals surface area (Å²) in [6.45, 7) is 0.737. The smallest absolute Gasteiger partial charge is 0.326 e. The lowest BCUT2D eigenvalue weighted by atomic mass is 10.0. The molecule has 13 heteroatoms. The van der Waals surface area contributed by atoms with Gasteiger partial charge in [-0.3, -0.25) is 14.4 Å². The number of rotatable bonds is 13. The van der Waals surface area contributed by atoms with Gasteiger partial charge in [-0.25, -0.2) is 9.78 Å². The van der Waals surface area contributed by atoms with Crippen molar-refractivity contribution in [3.05, 3.63) is 18.2 Å². The maximum Gasteiger partial charge on any atom is 0.326 e. The van der Waals surface area contributed by atoms with Crippen molar-refractivity contribution in [3.63, 3.8) is 0 Å². The first kappa shape index (κ1) is 26.6. The molecule has 0 saturated carbocycles. The number of carbonyl (C=O) groups is 4. The molecule has 1 saturated heterocycles. The quantitative estimate of drug-likeness (QED) is 0.128. The number of likely N-dealkylation sites (tertiary alicyclic amines) is 1. The number of carboxylic acid groups (broad SMARTS) is 1. The van der Waals surface area contributed by atoms with E-state index >= 15 is 0 Å². The van der Waals surface area contributed by atoms with Gasteiger partial charge in [-0.05, 0) is 38.6 Å². The van der Waals surface area contributed by atoms with Crippen molar-refractivity contribution < 1.29 is 24.3 Å². The molecular formula is C20H33N7O5S. The zero-order valence-electron chi connectivity index (χ0n) is 18.4. The number of carbonyl (C=O) groups excluding carboxylic acids is 3. The van der Waals surface area contributed by atoms with Gasteiger partial charge in [0.2, 0.25) is 17.7 Å². The second-order valence-corrected chi connectivity index (χ2v) is 8.37. The average molecular weight is 484 g/mol. The third-order valence-electron chi connectivity index (χ3n) is 5.53. The number of thiol groups is 1. The number of nitrogens with zero attached hydrogens (tertiary/aromatic N) is 2. The Hall–Kier alpha value is -2.64. The van der Waals surface area contributed by atoms with E-state index < -0.39 is 47.9 Å². The molecule has 0 spiro atoms. The zero-order valence-corrected chi connectivity index (χ0v) is 19.3. The predicted molar refractivity (Wildman–Crippen MR) is 123 cm³/mol. The number of aliphatic carboxylic acids is 1. The van der Waals surface area contributed by atoms with Crippen LogP contribution in [0.3, 0.4) is 0 Å². The highest BCUT2D eigenvalue weighted by Crippen LogP contribution is 2.20. The average Bonchev–Trinajstić information content (AvgIpc) is 3.49. The van der Waals surface area contributed by atoms with Gasteiger partial charge in [0.05, 0.1) is 12.4 Å². The van der Waals surface area contributed by atoms with Crippen LogP contribution in [0.1, 0.15) is 37.8 Å². The molecule has 12 nitrogen and oxygen atoms in total. The first-order chi connectivity index (χ1) is 15.8. The fourth-order valence-corrected chi connectivity index (χ4v) is 3.86. The van der Waals surface area contributed by atoms with Crippen molar-refractivity contribution in [2.45, 2.75) is 62.7 Å². The van der Waals surface area contributed by atoms with Crippen LogP contribution in [-0.4, -0.2) is 86.7 Å². The monoisotopic (exact) mass is 483 g/mol. The highest BCUT2D eigenvalue weighted by atomic mass is 32.1. The summed E-state index contributed by atoms with van der Waals surface area (Å²) in [6.07, 6.45) is 5.53. The minimum atomic E-state index is -1.07. The van der Waals surface area contributed by atoms with E-state index in [1.807, 2.05) is 0 Å². The molecule has 1 aliphatic heterocycles. The van der Waals surface area contributed by atoms with Gasteiger partial charge in [0.25, 0.3) is 0 Å². The molecule has 3 amide bonds. The summed E-state index contributed by atoms with van der Waals surface area (Å²) < 4.78 is 0. The van der Waals surface area contributed by atoms with Crippen LogP contribution in [0, 0.1) is 0 Å². The van der Waals surface area contributed by atoms with Crippen molar-refractivity contribution in [1.82, 2.24) is 25.5 Å². The Balaban J connectivity index is 2.18. The van der Waals surface area contributed by atoms with Gasteiger partial charge in [-0.2, -0.15) is 12.6 Å². The van der Waals surface area contributed by atoms with Gasteiger partial charge >= 0.3 is 5.97 Å². The lowest BCUT2D eigenvalue weighted by Gasteiger charge is -2.29. The van der Waals surface area contributed by atoms with Gasteiger partial charge < -0.3 is 37.1 Å². The Labute approximate surface area is 197 Å². The maximum absolute atomic E-state index is 13.2. The number of H-pyrrole nitrogens is 1. The van der Waals surface area contributed by atoms with E-state index in [-0.39, 0.29) is 12.2 Å². The van der Waals surface area contributed by atoms with Crippen LogP contribution in [0.15, 0.2) is 12.5 Å². The van der Waals surface area contributed by atoms with Gasteiger partial charge in [-0.1, -0.05) is 0 Å². The van der Waals surface area contributed by atoms with Crippen LogP contribution >= 0.6 is 12.6 Å². The largest absolute Gasteiger partial charge is 0.480 e. The number of carboxylic acids is 1. The van der Waals surface area contributed by atoms with Crippen LogP contribution in [-0.2, 0) is 25.6 Å². The molecule has 0 bridgehead atoms. The lowest BCUT2D eigenvalue weighted by Crippen LogP contribution is -2.57. The van der Waals surface area contributed by atoms with E-state index in [9.17, 15) is 24.3 Å². The molecule has 2 heterocycles. The molecule has 1 fully saturated rings. The fourth-order valence-electron chi connectivity index (χ4n) is 3.70. The van der Waals surface area contributed by atoms with Gasteiger partial charge in [0.15, 0.2) is 0 Å². The number of hydrogen-bond donors (Lipinski definition) is 7. The molecule has 0 radical (unpaired) electrons. The fraction of sp³-hybridized carbons (Fsp3) is 0.650. The summed E-state index contributed by atoms with van der Waals surface area (Å²) >= 11 is 4.01. The van der Waals surface area contributed by atoms with Crippen LogP contribution in [0.25, 0.3) is 0 Å². The van der Waals surface area contributed by atoms with Gasteiger partial charge in [-0.15, -0.1) is 0 Å². The summed E-state index contributed by atoms with van der Waals surface area (Å²) in [5.74, 6) is -2.57. The SMILES string of the molecule is NCCCCC(NC(=O)C(Cc1cnc[nH]1)NC(=O)C(N)CS)C(=O)N1CCCC1C(=O)O. The van der Waals surface area contributed by atoms with Crippen molar-refractivity contribution in [2.75, 3.05) is 18.8 Å². The topological polar surface area (TPSA) is 197 Å². The van der Waals surface area contributed by atoms with Crippen LogP contribution < -0.4 is 22.1 Å². The predicted octanol–water partition coefficient (Wildman–Crippen LogP) is -1.62. The van der Waals surface area contributed by atoms with Crippen LogP contribution in [0.2, 0.25) is 0 Å². The molecule has 4 atom stereocenters. The Morgan fingerprint density at radius 1 is 1.24 bits per heavy atom. The molecule has 0 aliphatic carbocycles. The molecular weight excluding hydrogens is 450 g/mol. The number of aromatic amines is 1. The second kappa shape index (κ2) is 13.2. The Morgan fingerprint density at radius 2 is 1.97 bits per heavy atom. The molecule has 4 unspecified atom stereocenters. The molecule has 1 aromatic heterocycles. The summed E-state index contributed by atoms with van der Waals surface area (Å²) in [5.41, 5.74) is 11.9. The van der Waals surface area contributed by atoms with E-state index in [2.05, 4.69) is 33.2 Å². The molecule has 8 N–H and O–H groups in total. The molecule has 1 aliphatic rings. The molecule has 1 aromatic rings. The van der Waals surface area contributed by atoms with Crippen LogP contribution in [0.4, 0.5) is 0 Å². The van der Waals surface area contributed by atoms with Gasteiger partial charge in [0.1, 0.15) is 18.1 Å². The highest BCUT2D eigenvalue weighted by Gasteiger charge is 2.38. The van der Waals surface area contributed by atoms with Crippen LogP contribution in [0.5, 0.6) is 0 Å². The van der Waals surface area contributed by atoms with E-state index in [0.717, 1.165) is 0 Å². The number of amides is 3. The van der Waals surface area contributed by atoms with Crippen molar-refractivity contribution in [2.24, 2.45) is 11.5 Å². The Morgan fingerprint density at radius 3 is 2.58 bits per heavy atom. The minimum Gasteiger partial charge on any atom is -0.480 e. The lowest BCUT2D eigenvalue weighted by molar-refractivity contribution is -0.149. The van der Waals surface area contributed by atoms with E-state index in [4.69, 9.17) is 11.5 Å². The summed E-state index contributed by atoms with van der Waals surface area (Å²) in [5, 5.41) is 14.8. The Kier molecular flexibility index (Phi) is 10.6. The number of nitrogens with two attached hydrogens (primary N) is 2. The highest BCUT2D eigenvalue weighted by molar-refractivity contribution is 7.80. The zero-order chi connectivity index (χ0) is 24.4. The van der Waals surface area contributed by atoms with Crippen molar-refractivity contribution >= 4 is 36.3 Å². The summed E-state index contributed by atoms with van der Waals surface area (Å²) in [6, 6.07) is -3.79. The first-order valence-electron chi connectivity index (χ1n) is 11.0. The van der Waals surface area contributed by atoms with Gasteiger partial charge in [0, 0.05) is 30.6 Å². The first-order valence-corrected chi connectivity index (χ1v) is 11.6. The maximum atomic E-state index is 13.2. The number of aromatic nitrogens is 2. The van der Waals surface area contributed by atoms with E-state index in [1.54, 1.807) is 0 Å².